The first kappa shape index (κ1) is 30.2. The van der Waals surface area contributed by atoms with Gasteiger partial charge in [0.25, 0.3) is 0 Å². The number of rotatable bonds is 17. The predicted molar refractivity (Wildman–Crippen MR) is 156 cm³/mol. The average Bonchev–Trinajstić information content (AvgIpc) is 3.81. The van der Waals surface area contributed by atoms with Gasteiger partial charge >= 0.3 is 0 Å². The molecule has 4 fully saturated rings. The molecule has 0 amide bonds. The molecule has 0 spiro atoms. The third-order valence-electron chi connectivity index (χ3n) is 8.74. The highest BCUT2D eigenvalue weighted by Crippen LogP contribution is 2.32. The molecule has 0 aromatic heterocycles. The van der Waals surface area contributed by atoms with Crippen molar-refractivity contribution in [1.82, 2.24) is 0 Å². The van der Waals surface area contributed by atoms with E-state index in [1.165, 1.54) is 36.8 Å². The van der Waals surface area contributed by atoms with Gasteiger partial charge in [0.2, 0.25) is 0 Å². The van der Waals surface area contributed by atoms with Crippen LogP contribution < -0.4 is 0 Å². The Morgan fingerprint density at radius 3 is 1.14 bits per heavy atom. The molecule has 0 N–H and O–H groups in total. The van der Waals surface area contributed by atoms with Gasteiger partial charge in [0.1, 0.15) is 48.8 Å². The fourth-order valence-corrected chi connectivity index (χ4v) is 6.37. The predicted octanol–water partition coefficient (Wildman–Crippen LogP) is 4.86. The van der Waals surface area contributed by atoms with E-state index in [1.807, 2.05) is 36.4 Å². The number of hydrogen-bond acceptors (Lipinski definition) is 8. The molecule has 4 saturated heterocycles. The number of benzene rings is 2. The van der Waals surface area contributed by atoms with Crippen molar-refractivity contribution in [2.45, 2.75) is 101 Å². The smallest absolute Gasteiger partial charge is 0.115 e. The van der Waals surface area contributed by atoms with Gasteiger partial charge in [0.15, 0.2) is 0 Å². The number of ether oxygens (including phenoxy) is 8. The SMILES string of the molecule is c1ccc(CO[C@H]2CO[C@@H]3[C@H]2OC[C@H]3OCCCCCCCCO[C@@H]2CO[C@@H]3[C@H]2OC[C@@H]3OCc2ccccc2)cc1. The number of hydrogen-bond donors (Lipinski definition) is 0. The Bertz CT molecular complexity index is 955. The lowest BCUT2D eigenvalue weighted by molar-refractivity contribution is -0.0551. The molecule has 2 aromatic rings. The van der Waals surface area contributed by atoms with Crippen molar-refractivity contribution in [1.29, 1.82) is 0 Å². The van der Waals surface area contributed by atoms with E-state index < -0.39 is 0 Å². The second-order valence-corrected chi connectivity index (χ2v) is 11.8. The van der Waals surface area contributed by atoms with E-state index >= 15 is 0 Å². The summed E-state index contributed by atoms with van der Waals surface area (Å²) in [6.45, 7) is 4.96. The van der Waals surface area contributed by atoms with Crippen LogP contribution in [0.25, 0.3) is 0 Å². The van der Waals surface area contributed by atoms with Gasteiger partial charge in [-0.3, -0.25) is 0 Å². The van der Waals surface area contributed by atoms with E-state index in [0.717, 1.165) is 26.1 Å². The molecular weight excluding hydrogens is 536 g/mol. The van der Waals surface area contributed by atoms with E-state index in [1.54, 1.807) is 0 Å². The zero-order valence-electron chi connectivity index (χ0n) is 24.6. The van der Waals surface area contributed by atoms with Gasteiger partial charge in [-0.2, -0.15) is 0 Å². The van der Waals surface area contributed by atoms with Crippen LogP contribution in [0.15, 0.2) is 60.7 Å². The molecule has 0 radical (unpaired) electrons. The second kappa shape index (κ2) is 15.7. The third-order valence-corrected chi connectivity index (χ3v) is 8.74. The second-order valence-electron chi connectivity index (χ2n) is 11.8. The van der Waals surface area contributed by atoms with Gasteiger partial charge in [0.05, 0.1) is 39.6 Å². The lowest BCUT2D eigenvalue weighted by Crippen LogP contribution is -2.34. The summed E-state index contributed by atoms with van der Waals surface area (Å²) in [4.78, 5) is 0. The number of fused-ring (bicyclic) bond motifs is 2. The van der Waals surface area contributed by atoms with Crippen LogP contribution in [0.5, 0.6) is 0 Å². The molecule has 4 aliphatic heterocycles. The zero-order chi connectivity index (χ0) is 28.4. The van der Waals surface area contributed by atoms with E-state index in [2.05, 4.69) is 24.3 Å². The van der Waals surface area contributed by atoms with Gasteiger partial charge in [-0.25, -0.2) is 0 Å². The molecule has 8 nitrogen and oxygen atoms in total. The van der Waals surface area contributed by atoms with Crippen LogP contribution in [-0.2, 0) is 51.1 Å². The molecule has 230 valence electrons. The van der Waals surface area contributed by atoms with E-state index in [0.29, 0.717) is 39.6 Å². The highest BCUT2D eigenvalue weighted by molar-refractivity contribution is 5.14. The minimum absolute atomic E-state index is 0.00573. The Kier molecular flexibility index (Phi) is 11.3. The highest BCUT2D eigenvalue weighted by Gasteiger charge is 2.49. The standard InChI is InChI=1S/C34H46O8/c1(3-11-17-35-27-21-39-33-29(23-41-31(27)33)37-19-25-13-7-5-8-14-25)2-4-12-18-36-28-22-40-34-30(24-42-32(28)34)38-20-26-15-9-6-10-16-26/h5-10,13-16,27-34H,1-4,11-12,17-24H2/t27-,28-,29+,30+,31+,32+,33+,34+/m1/s1. The average molecular weight is 583 g/mol. The van der Waals surface area contributed by atoms with E-state index in [-0.39, 0.29) is 48.8 Å². The molecule has 8 atom stereocenters. The highest BCUT2D eigenvalue weighted by atomic mass is 16.7. The van der Waals surface area contributed by atoms with Gasteiger partial charge in [-0.1, -0.05) is 86.3 Å². The monoisotopic (exact) mass is 582 g/mol. The van der Waals surface area contributed by atoms with Gasteiger partial charge in [-0.15, -0.1) is 0 Å². The summed E-state index contributed by atoms with van der Waals surface area (Å²) in [5.41, 5.74) is 2.33. The van der Waals surface area contributed by atoms with Crippen molar-refractivity contribution < 1.29 is 37.9 Å². The Morgan fingerprint density at radius 1 is 0.429 bits per heavy atom. The summed E-state index contributed by atoms with van der Waals surface area (Å²) in [5.74, 6) is 0. The van der Waals surface area contributed by atoms with Crippen molar-refractivity contribution in [3.63, 3.8) is 0 Å². The van der Waals surface area contributed by atoms with Crippen LogP contribution in [0.4, 0.5) is 0 Å². The van der Waals surface area contributed by atoms with Crippen LogP contribution >= 0.6 is 0 Å². The molecule has 0 saturated carbocycles. The Morgan fingerprint density at radius 2 is 0.762 bits per heavy atom. The quantitative estimate of drug-likeness (QED) is 0.245. The molecule has 6 rings (SSSR count). The van der Waals surface area contributed by atoms with Crippen LogP contribution in [0.3, 0.4) is 0 Å². The Hall–Kier alpha value is -1.88. The summed E-state index contributed by atoms with van der Waals surface area (Å²) < 4.78 is 48.5. The topological polar surface area (TPSA) is 73.8 Å². The fraction of sp³-hybridized carbons (Fsp3) is 0.647. The third kappa shape index (κ3) is 7.98. The molecule has 42 heavy (non-hydrogen) atoms. The first-order valence-electron chi connectivity index (χ1n) is 15.9. The lowest BCUT2D eigenvalue weighted by atomic mass is 10.1. The molecule has 0 unspecified atom stereocenters. The lowest BCUT2D eigenvalue weighted by Gasteiger charge is -2.17. The Balaban J connectivity index is 0.763. The molecule has 4 aliphatic rings. The maximum absolute atomic E-state index is 6.15. The Labute approximate surface area is 249 Å². The molecule has 0 aliphatic carbocycles. The van der Waals surface area contributed by atoms with Crippen molar-refractivity contribution >= 4 is 0 Å². The molecule has 4 heterocycles. The van der Waals surface area contributed by atoms with E-state index in [9.17, 15) is 0 Å². The molecular formula is C34H46O8. The summed E-state index contributed by atoms with van der Waals surface area (Å²) in [6.07, 6.45) is 6.74. The van der Waals surface area contributed by atoms with Crippen LogP contribution in [0, 0.1) is 0 Å². The van der Waals surface area contributed by atoms with Crippen LogP contribution in [0.2, 0.25) is 0 Å². The van der Waals surface area contributed by atoms with Crippen molar-refractivity contribution in [3.05, 3.63) is 71.8 Å². The molecule has 0 bridgehead atoms. The minimum atomic E-state index is -0.0306. The first-order chi connectivity index (χ1) is 20.8. The molecule has 8 heteroatoms. The van der Waals surface area contributed by atoms with Gasteiger partial charge in [-0.05, 0) is 24.0 Å². The van der Waals surface area contributed by atoms with Crippen molar-refractivity contribution in [2.75, 3.05) is 39.6 Å². The van der Waals surface area contributed by atoms with Crippen LogP contribution in [0.1, 0.15) is 49.7 Å². The van der Waals surface area contributed by atoms with Crippen molar-refractivity contribution in [2.24, 2.45) is 0 Å². The minimum Gasteiger partial charge on any atom is -0.373 e. The summed E-state index contributed by atoms with van der Waals surface area (Å²) in [6, 6.07) is 20.5. The maximum Gasteiger partial charge on any atom is 0.115 e. The largest absolute Gasteiger partial charge is 0.373 e. The summed E-state index contributed by atoms with van der Waals surface area (Å²) in [7, 11) is 0. The zero-order valence-corrected chi connectivity index (χ0v) is 24.6. The number of unbranched alkanes of at least 4 members (excludes halogenated alkanes) is 5. The van der Waals surface area contributed by atoms with Crippen LogP contribution in [-0.4, -0.2) is 88.5 Å². The normalized spacial score (nSPS) is 31.9. The molecule has 2 aromatic carbocycles. The van der Waals surface area contributed by atoms with Gasteiger partial charge in [0, 0.05) is 13.2 Å². The van der Waals surface area contributed by atoms with Crippen molar-refractivity contribution in [3.8, 4) is 0 Å². The fourth-order valence-electron chi connectivity index (χ4n) is 6.37. The van der Waals surface area contributed by atoms with E-state index in [4.69, 9.17) is 37.9 Å². The van der Waals surface area contributed by atoms with Gasteiger partial charge < -0.3 is 37.9 Å². The maximum atomic E-state index is 6.15. The summed E-state index contributed by atoms with van der Waals surface area (Å²) in [5, 5.41) is 0. The first-order valence-corrected chi connectivity index (χ1v) is 15.9. The summed E-state index contributed by atoms with van der Waals surface area (Å²) >= 11 is 0.